The van der Waals surface area contributed by atoms with Crippen LogP contribution in [0.5, 0.6) is 5.75 Å². The molecule has 0 atom stereocenters. The van der Waals surface area contributed by atoms with E-state index in [0.717, 1.165) is 44.3 Å². The molecule has 1 fully saturated rings. The lowest BCUT2D eigenvalue weighted by molar-refractivity contribution is -0.117. The zero-order valence-corrected chi connectivity index (χ0v) is 16.2. The SMILES string of the molecule is CC(C)n1nccc1NC(=O)CN1CCN(CCOc2ccccc2)CC1. The number of ether oxygens (including phenoxy) is 1. The third kappa shape index (κ3) is 5.80. The van der Waals surface area contributed by atoms with E-state index < -0.39 is 0 Å². The fraction of sp³-hybridized carbons (Fsp3) is 0.500. The number of anilines is 1. The van der Waals surface area contributed by atoms with E-state index in [4.69, 9.17) is 4.74 Å². The fourth-order valence-corrected chi connectivity index (χ4v) is 3.19. The van der Waals surface area contributed by atoms with Crippen molar-refractivity contribution in [1.29, 1.82) is 0 Å². The van der Waals surface area contributed by atoms with Gasteiger partial charge in [0.15, 0.2) is 0 Å². The van der Waals surface area contributed by atoms with E-state index in [9.17, 15) is 4.79 Å². The zero-order valence-electron chi connectivity index (χ0n) is 16.2. The normalized spacial score (nSPS) is 15.8. The standard InChI is InChI=1S/C20H29N5O2/c1-17(2)25-19(8-9-21-25)22-20(26)16-24-12-10-23(11-13-24)14-15-27-18-6-4-3-5-7-18/h3-9,17H,10-16H2,1-2H3,(H,22,26). The van der Waals surface area contributed by atoms with Crippen LogP contribution in [0.25, 0.3) is 0 Å². The highest BCUT2D eigenvalue weighted by atomic mass is 16.5. The molecule has 1 aliphatic rings. The molecule has 27 heavy (non-hydrogen) atoms. The summed E-state index contributed by atoms with van der Waals surface area (Å²) >= 11 is 0. The lowest BCUT2D eigenvalue weighted by Gasteiger charge is -2.34. The number of aromatic nitrogens is 2. The van der Waals surface area contributed by atoms with Crippen LogP contribution < -0.4 is 10.1 Å². The zero-order chi connectivity index (χ0) is 19.1. The summed E-state index contributed by atoms with van der Waals surface area (Å²) in [6, 6.07) is 11.9. The molecule has 1 saturated heterocycles. The number of hydrogen-bond acceptors (Lipinski definition) is 5. The Morgan fingerprint density at radius 3 is 2.52 bits per heavy atom. The number of para-hydroxylation sites is 1. The number of piperazine rings is 1. The van der Waals surface area contributed by atoms with Crippen molar-refractivity contribution in [2.45, 2.75) is 19.9 Å². The first-order valence-corrected chi connectivity index (χ1v) is 9.58. The van der Waals surface area contributed by atoms with E-state index in [0.29, 0.717) is 13.2 Å². The molecule has 0 saturated carbocycles. The molecule has 1 aromatic heterocycles. The van der Waals surface area contributed by atoms with Gasteiger partial charge in [0, 0.05) is 44.8 Å². The molecule has 7 nitrogen and oxygen atoms in total. The first-order chi connectivity index (χ1) is 13.1. The van der Waals surface area contributed by atoms with Gasteiger partial charge in [0.1, 0.15) is 18.2 Å². The molecule has 2 aromatic rings. The van der Waals surface area contributed by atoms with Crippen LogP contribution in [0.4, 0.5) is 5.82 Å². The van der Waals surface area contributed by atoms with Crippen LogP contribution in [-0.2, 0) is 4.79 Å². The van der Waals surface area contributed by atoms with Gasteiger partial charge in [-0.05, 0) is 26.0 Å². The first-order valence-electron chi connectivity index (χ1n) is 9.58. The van der Waals surface area contributed by atoms with Gasteiger partial charge in [-0.15, -0.1) is 0 Å². The fourth-order valence-electron chi connectivity index (χ4n) is 3.19. The molecule has 0 bridgehead atoms. The summed E-state index contributed by atoms with van der Waals surface area (Å²) in [6.07, 6.45) is 1.71. The molecule has 1 amide bonds. The molecular formula is C20H29N5O2. The van der Waals surface area contributed by atoms with E-state index >= 15 is 0 Å². The number of nitrogens with zero attached hydrogens (tertiary/aromatic N) is 4. The Morgan fingerprint density at radius 2 is 1.81 bits per heavy atom. The Bertz CT molecular complexity index is 708. The number of nitrogens with one attached hydrogen (secondary N) is 1. The largest absolute Gasteiger partial charge is 0.492 e. The van der Waals surface area contributed by atoms with E-state index in [1.165, 1.54) is 0 Å². The van der Waals surface area contributed by atoms with Gasteiger partial charge in [-0.1, -0.05) is 18.2 Å². The minimum Gasteiger partial charge on any atom is -0.492 e. The topological polar surface area (TPSA) is 62.6 Å². The van der Waals surface area contributed by atoms with Gasteiger partial charge in [-0.25, -0.2) is 4.68 Å². The first kappa shape index (κ1) is 19.4. The van der Waals surface area contributed by atoms with Crippen molar-refractivity contribution in [1.82, 2.24) is 19.6 Å². The van der Waals surface area contributed by atoms with Gasteiger partial charge in [0.25, 0.3) is 0 Å². The summed E-state index contributed by atoms with van der Waals surface area (Å²) in [4.78, 5) is 16.9. The monoisotopic (exact) mass is 371 g/mol. The molecule has 3 rings (SSSR count). The average molecular weight is 371 g/mol. The van der Waals surface area contributed by atoms with Crippen LogP contribution >= 0.6 is 0 Å². The van der Waals surface area contributed by atoms with Crippen molar-refractivity contribution in [2.24, 2.45) is 0 Å². The maximum absolute atomic E-state index is 12.3. The maximum atomic E-state index is 12.3. The summed E-state index contributed by atoms with van der Waals surface area (Å²) < 4.78 is 7.58. The second-order valence-electron chi connectivity index (χ2n) is 7.08. The Kier molecular flexibility index (Phi) is 6.84. The summed E-state index contributed by atoms with van der Waals surface area (Å²) in [5.74, 6) is 1.68. The van der Waals surface area contributed by atoms with Crippen molar-refractivity contribution >= 4 is 11.7 Å². The van der Waals surface area contributed by atoms with Crippen molar-refractivity contribution < 1.29 is 9.53 Å². The van der Waals surface area contributed by atoms with Crippen LogP contribution in [0, 0.1) is 0 Å². The lowest BCUT2D eigenvalue weighted by atomic mass is 10.3. The van der Waals surface area contributed by atoms with E-state index in [1.54, 1.807) is 6.20 Å². The van der Waals surface area contributed by atoms with Gasteiger partial charge in [-0.2, -0.15) is 5.10 Å². The summed E-state index contributed by atoms with van der Waals surface area (Å²) in [6.45, 7) is 9.78. The third-order valence-corrected chi connectivity index (χ3v) is 4.68. The second-order valence-corrected chi connectivity index (χ2v) is 7.08. The minimum absolute atomic E-state index is 0.0123. The Balaban J connectivity index is 1.35. The molecule has 1 aromatic carbocycles. The molecule has 146 valence electrons. The summed E-state index contributed by atoms with van der Waals surface area (Å²) in [5.41, 5.74) is 0. The predicted molar refractivity (Wildman–Crippen MR) is 106 cm³/mol. The van der Waals surface area contributed by atoms with E-state index in [-0.39, 0.29) is 11.9 Å². The number of carbonyl (C=O) groups is 1. The highest BCUT2D eigenvalue weighted by molar-refractivity contribution is 5.91. The molecule has 2 heterocycles. The summed E-state index contributed by atoms with van der Waals surface area (Å²) in [7, 11) is 0. The third-order valence-electron chi connectivity index (χ3n) is 4.68. The molecule has 7 heteroatoms. The Labute approximate surface area is 160 Å². The van der Waals surface area contributed by atoms with Crippen molar-refractivity contribution in [2.75, 3.05) is 51.2 Å². The highest BCUT2D eigenvalue weighted by Crippen LogP contribution is 2.13. The number of carbonyl (C=O) groups excluding carboxylic acids is 1. The maximum Gasteiger partial charge on any atom is 0.239 e. The molecule has 0 radical (unpaired) electrons. The number of hydrogen-bond donors (Lipinski definition) is 1. The number of rotatable bonds is 8. The van der Waals surface area contributed by atoms with Crippen molar-refractivity contribution in [3.63, 3.8) is 0 Å². The van der Waals surface area contributed by atoms with Crippen LogP contribution in [0.1, 0.15) is 19.9 Å². The van der Waals surface area contributed by atoms with Crippen LogP contribution in [0.3, 0.4) is 0 Å². The van der Waals surface area contributed by atoms with Gasteiger partial charge in [0.05, 0.1) is 12.7 Å². The average Bonchev–Trinajstić information content (AvgIpc) is 3.12. The number of benzene rings is 1. The molecule has 1 aliphatic heterocycles. The van der Waals surface area contributed by atoms with E-state index in [2.05, 4.69) is 20.2 Å². The van der Waals surface area contributed by atoms with Gasteiger partial charge >= 0.3 is 0 Å². The predicted octanol–water partition coefficient (Wildman–Crippen LogP) is 2.10. The molecule has 0 spiro atoms. The van der Waals surface area contributed by atoms with Crippen LogP contribution in [0.15, 0.2) is 42.6 Å². The molecule has 0 aliphatic carbocycles. The van der Waals surface area contributed by atoms with Gasteiger partial charge < -0.3 is 10.1 Å². The lowest BCUT2D eigenvalue weighted by Crippen LogP contribution is -2.49. The second kappa shape index (κ2) is 9.53. The van der Waals surface area contributed by atoms with Crippen molar-refractivity contribution in [3.05, 3.63) is 42.6 Å². The molecule has 1 N–H and O–H groups in total. The highest BCUT2D eigenvalue weighted by Gasteiger charge is 2.19. The van der Waals surface area contributed by atoms with E-state index in [1.807, 2.05) is 54.9 Å². The Hall–Kier alpha value is -2.38. The molecule has 0 unspecified atom stereocenters. The quantitative estimate of drug-likeness (QED) is 0.770. The minimum atomic E-state index is 0.0123. The summed E-state index contributed by atoms with van der Waals surface area (Å²) in [5, 5.41) is 7.21. The van der Waals surface area contributed by atoms with Gasteiger partial charge in [-0.3, -0.25) is 14.6 Å². The van der Waals surface area contributed by atoms with Gasteiger partial charge in [0.2, 0.25) is 5.91 Å². The van der Waals surface area contributed by atoms with Crippen LogP contribution in [-0.4, -0.2) is 71.4 Å². The smallest absolute Gasteiger partial charge is 0.239 e. The Morgan fingerprint density at radius 1 is 1.11 bits per heavy atom. The van der Waals surface area contributed by atoms with Crippen LogP contribution in [0.2, 0.25) is 0 Å². The number of amides is 1. The molecular weight excluding hydrogens is 342 g/mol. The van der Waals surface area contributed by atoms with Crippen molar-refractivity contribution in [3.8, 4) is 5.75 Å².